The Morgan fingerprint density at radius 2 is 2.00 bits per heavy atom. The maximum atomic E-state index is 13.3. The number of aromatic nitrogens is 3. The lowest BCUT2D eigenvalue weighted by atomic mass is 10.1. The van der Waals surface area contributed by atoms with E-state index >= 15 is 0 Å². The highest BCUT2D eigenvalue weighted by Crippen LogP contribution is 2.40. The van der Waals surface area contributed by atoms with Gasteiger partial charge in [0.15, 0.2) is 11.9 Å². The molecule has 0 saturated heterocycles. The molecule has 0 unspecified atom stereocenters. The molecule has 0 bridgehead atoms. The van der Waals surface area contributed by atoms with Crippen molar-refractivity contribution in [3.05, 3.63) is 58.3 Å². The van der Waals surface area contributed by atoms with Gasteiger partial charge in [-0.1, -0.05) is 46.7 Å². The number of fused-ring (bicyclic) bond motifs is 3. The average Bonchev–Trinajstić information content (AvgIpc) is 2.79. The number of nitrogens with zero attached hydrogens (tertiary/aromatic N) is 3. The van der Waals surface area contributed by atoms with Crippen LogP contribution >= 0.6 is 27.7 Å². The van der Waals surface area contributed by atoms with E-state index in [1.807, 2.05) is 25.1 Å². The van der Waals surface area contributed by atoms with Gasteiger partial charge in [0.1, 0.15) is 5.82 Å². The van der Waals surface area contributed by atoms with E-state index in [9.17, 15) is 4.39 Å². The zero-order valence-electron chi connectivity index (χ0n) is 13.7. The second-order valence-corrected chi connectivity index (χ2v) is 7.71. The SMILES string of the molecule is CCSc1nnc2c(n1)O[C@H](c1ccc(F)cc1)Nc1ccc(Br)cc1-2. The fourth-order valence-corrected chi connectivity index (χ4v) is 3.51. The Labute approximate surface area is 162 Å². The third kappa shape index (κ3) is 3.39. The number of hydrogen-bond donors (Lipinski definition) is 1. The van der Waals surface area contributed by atoms with E-state index in [4.69, 9.17) is 4.74 Å². The van der Waals surface area contributed by atoms with Crippen molar-refractivity contribution in [2.45, 2.75) is 18.3 Å². The molecule has 0 radical (unpaired) electrons. The highest BCUT2D eigenvalue weighted by atomic mass is 79.9. The van der Waals surface area contributed by atoms with Crippen molar-refractivity contribution in [3.63, 3.8) is 0 Å². The van der Waals surface area contributed by atoms with Gasteiger partial charge < -0.3 is 10.1 Å². The molecule has 2 aromatic carbocycles. The first-order chi connectivity index (χ1) is 12.6. The van der Waals surface area contributed by atoms with Gasteiger partial charge in [0, 0.05) is 21.3 Å². The van der Waals surface area contributed by atoms with Crippen molar-refractivity contribution in [1.82, 2.24) is 15.2 Å². The van der Waals surface area contributed by atoms with Crippen LogP contribution in [0.5, 0.6) is 5.88 Å². The summed E-state index contributed by atoms with van der Waals surface area (Å²) in [5.41, 5.74) is 3.04. The number of thioether (sulfide) groups is 1. The summed E-state index contributed by atoms with van der Waals surface area (Å²) in [6, 6.07) is 12.0. The molecule has 4 rings (SSSR count). The topological polar surface area (TPSA) is 59.9 Å². The Hall–Kier alpha value is -2.19. The van der Waals surface area contributed by atoms with Crippen LogP contribution in [0.1, 0.15) is 18.7 Å². The van der Waals surface area contributed by atoms with E-state index < -0.39 is 6.23 Å². The lowest BCUT2D eigenvalue weighted by Gasteiger charge is -2.19. The average molecular weight is 433 g/mol. The summed E-state index contributed by atoms with van der Waals surface area (Å²) >= 11 is 4.99. The molecule has 26 heavy (non-hydrogen) atoms. The molecule has 8 heteroatoms. The molecule has 0 amide bonds. The van der Waals surface area contributed by atoms with E-state index in [1.165, 1.54) is 23.9 Å². The molecule has 0 aliphatic carbocycles. The number of rotatable bonds is 3. The summed E-state index contributed by atoms with van der Waals surface area (Å²) < 4.78 is 20.3. The standard InChI is InChI=1S/C18H14BrFN4OS/c1-2-26-18-22-17-15(23-24-18)13-9-11(19)5-8-14(13)21-16(25-17)10-3-6-12(20)7-4-10/h3-9,16,21H,2H2,1H3/t16-/m1/s1. The molecule has 0 saturated carbocycles. The predicted molar refractivity (Wildman–Crippen MR) is 103 cm³/mol. The van der Waals surface area contributed by atoms with Gasteiger partial charge in [-0.3, -0.25) is 0 Å². The molecule has 0 spiro atoms. The van der Waals surface area contributed by atoms with Crippen molar-refractivity contribution >= 4 is 33.4 Å². The second-order valence-electron chi connectivity index (χ2n) is 5.56. The van der Waals surface area contributed by atoms with Gasteiger partial charge in [0.05, 0.1) is 0 Å². The molecular formula is C18H14BrFN4OS. The van der Waals surface area contributed by atoms with Gasteiger partial charge in [0.25, 0.3) is 0 Å². The Balaban J connectivity index is 1.84. The van der Waals surface area contributed by atoms with Crippen LogP contribution in [0.4, 0.5) is 10.1 Å². The highest BCUT2D eigenvalue weighted by molar-refractivity contribution is 9.10. The molecule has 0 fully saturated rings. The molecule has 1 aliphatic heterocycles. The van der Waals surface area contributed by atoms with Crippen LogP contribution in [0.2, 0.25) is 0 Å². The lowest BCUT2D eigenvalue weighted by molar-refractivity contribution is 0.225. The maximum Gasteiger partial charge on any atom is 0.247 e. The quantitative estimate of drug-likeness (QED) is 0.583. The highest BCUT2D eigenvalue weighted by Gasteiger charge is 2.26. The van der Waals surface area contributed by atoms with E-state index in [1.54, 1.807) is 12.1 Å². The zero-order valence-corrected chi connectivity index (χ0v) is 16.1. The zero-order chi connectivity index (χ0) is 18.1. The first kappa shape index (κ1) is 17.2. The van der Waals surface area contributed by atoms with Crippen molar-refractivity contribution < 1.29 is 9.13 Å². The normalized spacial score (nSPS) is 15.3. The predicted octanol–water partition coefficient (Wildman–Crippen LogP) is 5.06. The molecule has 1 aromatic heterocycles. The summed E-state index contributed by atoms with van der Waals surface area (Å²) in [5, 5.41) is 12.4. The van der Waals surface area contributed by atoms with Crippen LogP contribution in [0, 0.1) is 5.82 Å². The van der Waals surface area contributed by atoms with Gasteiger partial charge in [-0.05, 0) is 36.1 Å². The largest absolute Gasteiger partial charge is 0.448 e. The molecule has 2 heterocycles. The van der Waals surface area contributed by atoms with Crippen molar-refractivity contribution in [2.75, 3.05) is 11.1 Å². The maximum absolute atomic E-state index is 13.3. The Kier molecular flexibility index (Phi) is 4.78. The smallest absolute Gasteiger partial charge is 0.247 e. The summed E-state index contributed by atoms with van der Waals surface area (Å²) in [7, 11) is 0. The molecular weight excluding hydrogens is 419 g/mol. The van der Waals surface area contributed by atoms with Gasteiger partial charge in [0.2, 0.25) is 11.0 Å². The van der Waals surface area contributed by atoms with Crippen LogP contribution in [0.25, 0.3) is 11.3 Å². The number of halogens is 2. The van der Waals surface area contributed by atoms with Gasteiger partial charge in [-0.2, -0.15) is 4.98 Å². The summed E-state index contributed by atoms with van der Waals surface area (Å²) in [6.07, 6.45) is -0.520. The van der Waals surface area contributed by atoms with Gasteiger partial charge >= 0.3 is 0 Å². The van der Waals surface area contributed by atoms with Gasteiger partial charge in [-0.25, -0.2) is 4.39 Å². The van der Waals surface area contributed by atoms with Crippen LogP contribution in [0.15, 0.2) is 52.1 Å². The van der Waals surface area contributed by atoms with Crippen LogP contribution in [0.3, 0.4) is 0 Å². The van der Waals surface area contributed by atoms with Crippen molar-refractivity contribution in [2.24, 2.45) is 0 Å². The number of anilines is 1. The van der Waals surface area contributed by atoms with Gasteiger partial charge in [-0.15, -0.1) is 10.2 Å². The van der Waals surface area contributed by atoms with Crippen LogP contribution in [-0.2, 0) is 0 Å². The first-order valence-electron chi connectivity index (χ1n) is 8.00. The molecule has 5 nitrogen and oxygen atoms in total. The second kappa shape index (κ2) is 7.20. The fourth-order valence-electron chi connectivity index (χ4n) is 2.65. The van der Waals surface area contributed by atoms with E-state index in [-0.39, 0.29) is 5.82 Å². The Bertz CT molecular complexity index is 954. The van der Waals surface area contributed by atoms with Crippen molar-refractivity contribution in [1.29, 1.82) is 0 Å². The number of hydrogen-bond acceptors (Lipinski definition) is 6. The van der Waals surface area contributed by atoms with Crippen LogP contribution < -0.4 is 10.1 Å². The summed E-state index contributed by atoms with van der Waals surface area (Å²) in [5.74, 6) is 0.940. The number of nitrogens with one attached hydrogen (secondary N) is 1. The van der Waals surface area contributed by atoms with Crippen LogP contribution in [-0.4, -0.2) is 20.9 Å². The minimum Gasteiger partial charge on any atom is -0.448 e. The monoisotopic (exact) mass is 432 g/mol. The third-order valence-electron chi connectivity index (χ3n) is 3.83. The third-order valence-corrected chi connectivity index (χ3v) is 5.05. The minimum atomic E-state index is -0.520. The number of ether oxygens (including phenoxy) is 1. The molecule has 1 aliphatic rings. The molecule has 3 aromatic rings. The number of benzene rings is 2. The molecule has 1 atom stereocenters. The minimum absolute atomic E-state index is 0.294. The summed E-state index contributed by atoms with van der Waals surface area (Å²) in [4.78, 5) is 4.52. The van der Waals surface area contributed by atoms with E-state index in [0.717, 1.165) is 27.0 Å². The first-order valence-corrected chi connectivity index (χ1v) is 9.78. The Morgan fingerprint density at radius 3 is 2.77 bits per heavy atom. The van der Waals surface area contributed by atoms with E-state index in [2.05, 4.69) is 36.4 Å². The molecule has 132 valence electrons. The lowest BCUT2D eigenvalue weighted by Crippen LogP contribution is -2.17. The van der Waals surface area contributed by atoms with E-state index in [0.29, 0.717) is 16.7 Å². The fraction of sp³-hybridized carbons (Fsp3) is 0.167. The Morgan fingerprint density at radius 1 is 1.19 bits per heavy atom. The summed E-state index contributed by atoms with van der Waals surface area (Å²) in [6.45, 7) is 2.02. The molecule has 1 N–H and O–H groups in total. The van der Waals surface area contributed by atoms with Crippen molar-refractivity contribution in [3.8, 4) is 17.1 Å².